The van der Waals surface area contributed by atoms with Gasteiger partial charge in [-0.25, -0.2) is 0 Å². The molecule has 2 unspecified atom stereocenters. The van der Waals surface area contributed by atoms with Crippen molar-refractivity contribution in [2.45, 2.75) is 63.6 Å². The van der Waals surface area contributed by atoms with Crippen LogP contribution in [0, 0.1) is 0 Å². The van der Waals surface area contributed by atoms with Gasteiger partial charge >= 0.3 is 0 Å². The van der Waals surface area contributed by atoms with E-state index in [1.807, 2.05) is 30.3 Å². The van der Waals surface area contributed by atoms with Crippen LogP contribution in [0.5, 0.6) is 0 Å². The first-order chi connectivity index (χ1) is 10.9. The van der Waals surface area contributed by atoms with Gasteiger partial charge in [0.15, 0.2) is 0 Å². The van der Waals surface area contributed by atoms with Crippen molar-refractivity contribution < 1.29 is 13.5 Å². The summed E-state index contributed by atoms with van der Waals surface area (Å²) in [6.45, 7) is 1.79. The van der Waals surface area contributed by atoms with Crippen LogP contribution in [0.25, 0.3) is 0 Å². The molecular weight excluding hydrogens is 312 g/mol. The van der Waals surface area contributed by atoms with Crippen LogP contribution in [-0.4, -0.2) is 37.0 Å². The molecule has 1 aromatic carbocycles. The van der Waals surface area contributed by atoms with Crippen molar-refractivity contribution in [3.63, 3.8) is 0 Å². The molecule has 23 heavy (non-hydrogen) atoms. The summed E-state index contributed by atoms with van der Waals surface area (Å²) in [5.41, 5.74) is 0.805. The molecule has 2 N–H and O–H groups in total. The molecule has 1 saturated carbocycles. The first kappa shape index (κ1) is 18.4. The van der Waals surface area contributed by atoms with E-state index in [2.05, 4.69) is 4.72 Å². The highest BCUT2D eigenvalue weighted by Crippen LogP contribution is 2.24. The van der Waals surface area contributed by atoms with E-state index in [-0.39, 0.29) is 12.1 Å². The standard InChI is InChI=1S/C17H28N2O3S/c1-14(13-17(20)15-9-5-3-6-10-15)18-23(21,22)19(2)16-11-7-4-8-12-16/h3,5-6,9-10,14,16-18,20H,4,7-8,11-13H2,1-2H3. The van der Waals surface area contributed by atoms with Crippen molar-refractivity contribution in [2.75, 3.05) is 7.05 Å². The zero-order valence-corrected chi connectivity index (χ0v) is 14.8. The Morgan fingerprint density at radius 1 is 1.22 bits per heavy atom. The molecule has 0 radical (unpaired) electrons. The first-order valence-electron chi connectivity index (χ1n) is 8.38. The Labute approximate surface area is 139 Å². The number of benzene rings is 1. The minimum Gasteiger partial charge on any atom is -0.388 e. The molecule has 5 nitrogen and oxygen atoms in total. The van der Waals surface area contributed by atoms with Gasteiger partial charge in [0.1, 0.15) is 0 Å². The average Bonchev–Trinajstić information content (AvgIpc) is 2.55. The molecule has 0 aliphatic heterocycles. The summed E-state index contributed by atoms with van der Waals surface area (Å²) >= 11 is 0. The molecule has 2 atom stereocenters. The van der Waals surface area contributed by atoms with Gasteiger partial charge in [-0.2, -0.15) is 17.4 Å². The van der Waals surface area contributed by atoms with Crippen LogP contribution in [-0.2, 0) is 10.2 Å². The Hall–Kier alpha value is -0.950. The summed E-state index contributed by atoms with van der Waals surface area (Å²) in [6, 6.07) is 9.07. The van der Waals surface area contributed by atoms with Crippen LogP contribution in [0.4, 0.5) is 0 Å². The zero-order valence-electron chi connectivity index (χ0n) is 14.0. The average molecular weight is 340 g/mol. The number of rotatable bonds is 7. The topological polar surface area (TPSA) is 69.6 Å². The molecule has 130 valence electrons. The summed E-state index contributed by atoms with van der Waals surface area (Å²) < 4.78 is 29.1. The molecule has 2 rings (SSSR count). The predicted octanol–water partition coefficient (Wildman–Crippen LogP) is 2.60. The van der Waals surface area contributed by atoms with Crippen LogP contribution in [0.15, 0.2) is 30.3 Å². The molecule has 1 aliphatic carbocycles. The lowest BCUT2D eigenvalue weighted by atomic mass is 9.96. The highest BCUT2D eigenvalue weighted by atomic mass is 32.2. The van der Waals surface area contributed by atoms with Gasteiger partial charge in [-0.15, -0.1) is 0 Å². The molecule has 0 saturated heterocycles. The van der Waals surface area contributed by atoms with Crippen LogP contribution in [0.1, 0.15) is 57.1 Å². The normalized spacial score (nSPS) is 19.7. The maximum Gasteiger partial charge on any atom is 0.279 e. The molecule has 6 heteroatoms. The van der Waals surface area contributed by atoms with Crippen molar-refractivity contribution in [1.29, 1.82) is 0 Å². The van der Waals surface area contributed by atoms with Gasteiger partial charge in [-0.3, -0.25) is 0 Å². The lowest BCUT2D eigenvalue weighted by molar-refractivity contribution is 0.157. The number of hydrogen-bond acceptors (Lipinski definition) is 3. The van der Waals surface area contributed by atoms with Crippen molar-refractivity contribution in [2.24, 2.45) is 0 Å². The van der Waals surface area contributed by atoms with Crippen LogP contribution >= 0.6 is 0 Å². The van der Waals surface area contributed by atoms with Gasteiger partial charge in [0.25, 0.3) is 10.2 Å². The fourth-order valence-electron chi connectivity index (χ4n) is 3.17. The van der Waals surface area contributed by atoms with Crippen LogP contribution in [0.2, 0.25) is 0 Å². The summed E-state index contributed by atoms with van der Waals surface area (Å²) in [7, 11) is -1.86. The number of aliphatic hydroxyl groups excluding tert-OH is 1. The fourth-order valence-corrected chi connectivity index (χ4v) is 4.55. The Morgan fingerprint density at radius 2 is 1.83 bits per heavy atom. The third-order valence-electron chi connectivity index (χ3n) is 4.58. The van der Waals surface area contributed by atoms with Gasteiger partial charge in [0.2, 0.25) is 0 Å². The van der Waals surface area contributed by atoms with E-state index in [4.69, 9.17) is 0 Å². The zero-order chi connectivity index (χ0) is 16.9. The molecule has 0 aromatic heterocycles. The number of nitrogens with zero attached hydrogens (tertiary/aromatic N) is 1. The molecule has 0 heterocycles. The second-order valence-corrected chi connectivity index (χ2v) is 8.26. The second kappa shape index (κ2) is 8.24. The maximum absolute atomic E-state index is 12.5. The second-order valence-electron chi connectivity index (χ2n) is 6.49. The van der Waals surface area contributed by atoms with Gasteiger partial charge in [0, 0.05) is 19.1 Å². The molecule has 0 spiro atoms. The Morgan fingerprint density at radius 3 is 2.43 bits per heavy atom. The smallest absolute Gasteiger partial charge is 0.279 e. The van der Waals surface area contributed by atoms with Crippen LogP contribution < -0.4 is 4.72 Å². The highest BCUT2D eigenvalue weighted by molar-refractivity contribution is 7.87. The fraction of sp³-hybridized carbons (Fsp3) is 0.647. The van der Waals surface area contributed by atoms with E-state index in [1.165, 1.54) is 10.7 Å². The van der Waals surface area contributed by atoms with Crippen molar-refractivity contribution >= 4 is 10.2 Å². The number of nitrogens with one attached hydrogen (secondary N) is 1. The summed E-state index contributed by atoms with van der Waals surface area (Å²) in [4.78, 5) is 0. The van der Waals surface area contributed by atoms with E-state index in [0.29, 0.717) is 6.42 Å². The number of aliphatic hydroxyl groups is 1. The molecular formula is C17H28N2O3S. The molecule has 0 bridgehead atoms. The molecule has 1 aromatic rings. The molecule has 0 amide bonds. The first-order valence-corrected chi connectivity index (χ1v) is 9.82. The Kier molecular flexibility index (Phi) is 6.59. The van der Waals surface area contributed by atoms with Gasteiger partial charge < -0.3 is 5.11 Å². The molecule has 1 fully saturated rings. The number of hydrogen-bond donors (Lipinski definition) is 2. The van der Waals surface area contributed by atoms with E-state index >= 15 is 0 Å². The predicted molar refractivity (Wildman–Crippen MR) is 92.2 cm³/mol. The van der Waals surface area contributed by atoms with Crippen molar-refractivity contribution in [1.82, 2.24) is 9.03 Å². The minimum atomic E-state index is -3.51. The summed E-state index contributed by atoms with van der Waals surface area (Å²) in [5, 5.41) is 10.2. The van der Waals surface area contributed by atoms with Crippen LogP contribution in [0.3, 0.4) is 0 Å². The monoisotopic (exact) mass is 340 g/mol. The Bertz CT molecular complexity index is 571. The minimum absolute atomic E-state index is 0.0903. The van der Waals surface area contributed by atoms with E-state index < -0.39 is 16.3 Å². The van der Waals surface area contributed by atoms with Gasteiger partial charge in [-0.1, -0.05) is 49.6 Å². The summed E-state index contributed by atoms with van der Waals surface area (Å²) in [5.74, 6) is 0. The lowest BCUT2D eigenvalue weighted by Gasteiger charge is -2.31. The largest absolute Gasteiger partial charge is 0.388 e. The lowest BCUT2D eigenvalue weighted by Crippen LogP contribution is -2.47. The SMILES string of the molecule is CC(CC(O)c1ccccc1)NS(=O)(=O)N(C)C1CCCCC1. The molecule has 1 aliphatic rings. The summed E-state index contributed by atoms with van der Waals surface area (Å²) in [6.07, 6.45) is 4.91. The maximum atomic E-state index is 12.5. The quantitative estimate of drug-likeness (QED) is 0.801. The van der Waals surface area contributed by atoms with E-state index in [0.717, 1.165) is 31.2 Å². The van der Waals surface area contributed by atoms with Crippen molar-refractivity contribution in [3.8, 4) is 0 Å². The van der Waals surface area contributed by atoms with E-state index in [9.17, 15) is 13.5 Å². The third kappa shape index (κ3) is 5.28. The van der Waals surface area contributed by atoms with E-state index in [1.54, 1.807) is 14.0 Å². The third-order valence-corrected chi connectivity index (χ3v) is 6.34. The Balaban J connectivity index is 1.91. The van der Waals surface area contributed by atoms with Gasteiger partial charge in [-0.05, 0) is 31.7 Å². The van der Waals surface area contributed by atoms with Crippen molar-refractivity contribution in [3.05, 3.63) is 35.9 Å². The van der Waals surface area contributed by atoms with Gasteiger partial charge in [0.05, 0.1) is 6.10 Å². The highest BCUT2D eigenvalue weighted by Gasteiger charge is 2.29.